The molecule has 98 valence electrons. The SMILES string of the molecule is CN1Cc2ccccc2-c2c1n(C)c(=O)n(C)c2=O. The number of benzene rings is 1. The third-order valence-electron chi connectivity index (χ3n) is 3.69. The van der Waals surface area contributed by atoms with Gasteiger partial charge in [0.2, 0.25) is 0 Å². The van der Waals surface area contributed by atoms with Gasteiger partial charge < -0.3 is 4.90 Å². The minimum Gasteiger partial charge on any atom is -0.356 e. The van der Waals surface area contributed by atoms with Crippen LogP contribution in [0.15, 0.2) is 33.9 Å². The molecular formula is C14H15N3O2. The van der Waals surface area contributed by atoms with Crippen LogP contribution in [-0.2, 0) is 20.6 Å². The van der Waals surface area contributed by atoms with Gasteiger partial charge in [0.05, 0.1) is 5.56 Å². The van der Waals surface area contributed by atoms with Crippen LogP contribution in [0.2, 0.25) is 0 Å². The van der Waals surface area contributed by atoms with Gasteiger partial charge in [-0.15, -0.1) is 0 Å². The van der Waals surface area contributed by atoms with E-state index in [9.17, 15) is 9.59 Å². The number of fused-ring (bicyclic) bond motifs is 3. The second kappa shape index (κ2) is 3.85. The molecule has 0 aliphatic carbocycles. The first-order chi connectivity index (χ1) is 9.02. The number of rotatable bonds is 0. The lowest BCUT2D eigenvalue weighted by Crippen LogP contribution is -2.42. The van der Waals surface area contributed by atoms with Crippen LogP contribution in [0.25, 0.3) is 11.1 Å². The summed E-state index contributed by atoms with van der Waals surface area (Å²) < 4.78 is 2.70. The molecule has 0 saturated heterocycles. The van der Waals surface area contributed by atoms with Crippen LogP contribution < -0.4 is 16.1 Å². The molecule has 0 spiro atoms. The highest BCUT2D eigenvalue weighted by Crippen LogP contribution is 2.34. The fourth-order valence-corrected chi connectivity index (χ4v) is 2.75. The molecule has 2 heterocycles. The van der Waals surface area contributed by atoms with Gasteiger partial charge >= 0.3 is 5.69 Å². The van der Waals surface area contributed by atoms with Crippen molar-refractivity contribution in [1.29, 1.82) is 0 Å². The zero-order valence-corrected chi connectivity index (χ0v) is 11.2. The molecule has 0 unspecified atom stereocenters. The third-order valence-corrected chi connectivity index (χ3v) is 3.69. The Balaban J connectivity index is 2.52. The summed E-state index contributed by atoms with van der Waals surface area (Å²) >= 11 is 0. The van der Waals surface area contributed by atoms with Crippen LogP contribution >= 0.6 is 0 Å². The zero-order chi connectivity index (χ0) is 13.7. The van der Waals surface area contributed by atoms with E-state index in [-0.39, 0.29) is 11.2 Å². The Labute approximate surface area is 110 Å². The first-order valence-electron chi connectivity index (χ1n) is 6.12. The van der Waals surface area contributed by atoms with Crippen LogP contribution in [0.4, 0.5) is 5.82 Å². The van der Waals surface area contributed by atoms with E-state index in [1.807, 2.05) is 36.2 Å². The van der Waals surface area contributed by atoms with Crippen molar-refractivity contribution in [1.82, 2.24) is 9.13 Å². The van der Waals surface area contributed by atoms with E-state index in [2.05, 4.69) is 0 Å². The molecule has 0 bridgehead atoms. The Bertz CT molecular complexity index is 786. The number of hydrogen-bond acceptors (Lipinski definition) is 3. The van der Waals surface area contributed by atoms with Crippen LogP contribution in [0.5, 0.6) is 0 Å². The summed E-state index contributed by atoms with van der Waals surface area (Å²) in [4.78, 5) is 26.4. The second-order valence-electron chi connectivity index (χ2n) is 4.92. The summed E-state index contributed by atoms with van der Waals surface area (Å²) in [5, 5.41) is 0. The Hall–Kier alpha value is -2.30. The summed E-state index contributed by atoms with van der Waals surface area (Å²) in [6.45, 7) is 0.698. The average molecular weight is 257 g/mol. The van der Waals surface area contributed by atoms with E-state index in [0.29, 0.717) is 17.9 Å². The Morgan fingerprint density at radius 2 is 1.68 bits per heavy atom. The van der Waals surface area contributed by atoms with E-state index in [1.165, 1.54) is 11.6 Å². The molecule has 0 N–H and O–H groups in total. The van der Waals surface area contributed by atoms with Gasteiger partial charge in [0, 0.05) is 27.7 Å². The molecule has 0 radical (unpaired) electrons. The molecule has 0 amide bonds. The highest BCUT2D eigenvalue weighted by molar-refractivity contribution is 5.80. The summed E-state index contributed by atoms with van der Waals surface area (Å²) in [6.07, 6.45) is 0. The molecule has 1 aromatic heterocycles. The van der Waals surface area contributed by atoms with E-state index < -0.39 is 0 Å². The zero-order valence-electron chi connectivity index (χ0n) is 11.2. The minimum atomic E-state index is -0.296. The Morgan fingerprint density at radius 1 is 1.00 bits per heavy atom. The van der Waals surface area contributed by atoms with Crippen molar-refractivity contribution < 1.29 is 0 Å². The predicted molar refractivity (Wildman–Crippen MR) is 74.5 cm³/mol. The summed E-state index contributed by atoms with van der Waals surface area (Å²) in [6, 6.07) is 7.83. The quantitative estimate of drug-likeness (QED) is 0.698. The summed E-state index contributed by atoms with van der Waals surface area (Å²) in [5.41, 5.74) is 2.10. The lowest BCUT2D eigenvalue weighted by molar-refractivity contribution is 0.668. The second-order valence-corrected chi connectivity index (χ2v) is 4.92. The van der Waals surface area contributed by atoms with E-state index >= 15 is 0 Å². The van der Waals surface area contributed by atoms with Crippen molar-refractivity contribution in [3.05, 3.63) is 50.7 Å². The Kier molecular flexibility index (Phi) is 2.38. The van der Waals surface area contributed by atoms with Crippen LogP contribution in [0.3, 0.4) is 0 Å². The maximum absolute atomic E-state index is 12.4. The first kappa shape index (κ1) is 11.8. The molecule has 0 fully saturated rings. The molecule has 0 atom stereocenters. The molecule has 0 saturated carbocycles. The first-order valence-corrected chi connectivity index (χ1v) is 6.12. The molecule has 19 heavy (non-hydrogen) atoms. The number of aromatic nitrogens is 2. The fraction of sp³-hybridized carbons (Fsp3) is 0.286. The van der Waals surface area contributed by atoms with Crippen LogP contribution in [0, 0.1) is 0 Å². The van der Waals surface area contributed by atoms with E-state index in [0.717, 1.165) is 15.7 Å². The smallest absolute Gasteiger partial charge is 0.332 e. The number of anilines is 1. The van der Waals surface area contributed by atoms with Gasteiger partial charge in [0.1, 0.15) is 5.82 Å². The van der Waals surface area contributed by atoms with Crippen LogP contribution in [0.1, 0.15) is 5.56 Å². The van der Waals surface area contributed by atoms with Gasteiger partial charge in [-0.3, -0.25) is 13.9 Å². The highest BCUT2D eigenvalue weighted by atomic mass is 16.2. The van der Waals surface area contributed by atoms with Crippen molar-refractivity contribution in [2.75, 3.05) is 11.9 Å². The predicted octanol–water partition coefficient (Wildman–Crippen LogP) is 0.701. The molecule has 5 heteroatoms. The van der Waals surface area contributed by atoms with Gasteiger partial charge in [0.15, 0.2) is 0 Å². The van der Waals surface area contributed by atoms with Crippen LogP contribution in [-0.4, -0.2) is 16.2 Å². The van der Waals surface area contributed by atoms with Gasteiger partial charge in [-0.05, 0) is 11.1 Å². The van der Waals surface area contributed by atoms with Crippen molar-refractivity contribution in [3.63, 3.8) is 0 Å². The molecule has 1 aromatic carbocycles. The van der Waals surface area contributed by atoms with Crippen molar-refractivity contribution in [2.45, 2.75) is 6.54 Å². The largest absolute Gasteiger partial charge is 0.356 e. The van der Waals surface area contributed by atoms with E-state index in [1.54, 1.807) is 7.05 Å². The van der Waals surface area contributed by atoms with Gasteiger partial charge in [0.25, 0.3) is 5.56 Å². The normalized spacial score (nSPS) is 13.1. The molecule has 1 aliphatic heterocycles. The molecule has 1 aliphatic rings. The van der Waals surface area contributed by atoms with Crippen molar-refractivity contribution in [3.8, 4) is 11.1 Å². The fourth-order valence-electron chi connectivity index (χ4n) is 2.75. The summed E-state index contributed by atoms with van der Waals surface area (Å²) in [7, 11) is 5.11. The maximum Gasteiger partial charge on any atom is 0.332 e. The maximum atomic E-state index is 12.4. The molecule has 3 rings (SSSR count). The molecular weight excluding hydrogens is 242 g/mol. The minimum absolute atomic E-state index is 0.239. The van der Waals surface area contributed by atoms with E-state index in [4.69, 9.17) is 0 Å². The highest BCUT2D eigenvalue weighted by Gasteiger charge is 2.26. The van der Waals surface area contributed by atoms with Gasteiger partial charge in [-0.25, -0.2) is 4.79 Å². The third kappa shape index (κ3) is 1.47. The molecule has 5 nitrogen and oxygen atoms in total. The lowest BCUT2D eigenvalue weighted by Gasteiger charge is -2.30. The average Bonchev–Trinajstić information content (AvgIpc) is 2.41. The van der Waals surface area contributed by atoms with Gasteiger partial charge in [-0.1, -0.05) is 24.3 Å². The van der Waals surface area contributed by atoms with Gasteiger partial charge in [-0.2, -0.15) is 0 Å². The number of nitrogens with zero attached hydrogens (tertiary/aromatic N) is 3. The van der Waals surface area contributed by atoms with Crippen molar-refractivity contribution in [2.24, 2.45) is 14.1 Å². The standard InChI is InChI=1S/C14H15N3O2/c1-15-8-9-6-4-5-7-10(9)11-12(15)16(2)14(19)17(3)13(11)18/h4-7H,8H2,1-3H3. The monoisotopic (exact) mass is 257 g/mol. The topological polar surface area (TPSA) is 47.2 Å². The Morgan fingerprint density at radius 3 is 2.42 bits per heavy atom. The summed E-state index contributed by atoms with van der Waals surface area (Å²) in [5.74, 6) is 0.687. The molecule has 2 aromatic rings. The lowest BCUT2D eigenvalue weighted by atomic mass is 9.97. The van der Waals surface area contributed by atoms with Crippen molar-refractivity contribution >= 4 is 5.82 Å². The number of hydrogen-bond donors (Lipinski definition) is 0.